The Morgan fingerprint density at radius 2 is 2.29 bits per heavy atom. The number of hydrogen-bond donors (Lipinski definition) is 1. The zero-order valence-corrected chi connectivity index (χ0v) is 9.17. The highest BCUT2D eigenvalue weighted by Gasteiger charge is 2.25. The number of nitrogens with one attached hydrogen (secondary N) is 1. The molecule has 0 spiro atoms. The van der Waals surface area contributed by atoms with Gasteiger partial charge in [0.25, 0.3) is 0 Å². The van der Waals surface area contributed by atoms with Crippen molar-refractivity contribution in [3.05, 3.63) is 35.4 Å². The van der Waals surface area contributed by atoms with Crippen LogP contribution in [0.2, 0.25) is 0 Å². The molecule has 1 aromatic carbocycles. The van der Waals surface area contributed by atoms with Crippen LogP contribution >= 0.6 is 0 Å². The zero-order chi connectivity index (χ0) is 12.8. The molecular formula is C12H11F2NO2. The Hall–Kier alpha value is -1.93. The molecule has 0 bridgehead atoms. The highest BCUT2D eigenvalue weighted by Crippen LogP contribution is 2.20. The van der Waals surface area contributed by atoms with E-state index in [0.717, 1.165) is 13.2 Å². The van der Waals surface area contributed by atoms with Gasteiger partial charge in [-0.1, -0.05) is 18.1 Å². The van der Waals surface area contributed by atoms with Crippen molar-refractivity contribution in [2.45, 2.75) is 6.04 Å². The summed E-state index contributed by atoms with van der Waals surface area (Å²) in [6.45, 7) is 0.0374. The van der Waals surface area contributed by atoms with Crippen LogP contribution in [-0.4, -0.2) is 19.6 Å². The minimum absolute atomic E-state index is 0.0374. The molecule has 0 radical (unpaired) electrons. The molecule has 17 heavy (non-hydrogen) atoms. The second kappa shape index (κ2) is 5.97. The van der Waals surface area contributed by atoms with Crippen molar-refractivity contribution in [2.24, 2.45) is 0 Å². The fourth-order valence-electron chi connectivity index (χ4n) is 1.34. The Morgan fingerprint density at radius 1 is 1.59 bits per heavy atom. The third-order valence-electron chi connectivity index (χ3n) is 2.14. The molecule has 0 aliphatic rings. The minimum atomic E-state index is -1.12. The first-order valence-electron chi connectivity index (χ1n) is 4.80. The van der Waals surface area contributed by atoms with E-state index >= 15 is 0 Å². The van der Waals surface area contributed by atoms with Crippen molar-refractivity contribution in [1.82, 2.24) is 5.32 Å². The molecule has 3 nitrogen and oxygen atoms in total. The number of ether oxygens (including phenoxy) is 1. The van der Waals surface area contributed by atoms with Gasteiger partial charge in [-0.2, -0.15) is 0 Å². The molecule has 1 aromatic rings. The molecule has 0 aliphatic carbocycles. The van der Waals surface area contributed by atoms with Crippen LogP contribution in [0.15, 0.2) is 18.2 Å². The molecule has 0 saturated heterocycles. The van der Waals surface area contributed by atoms with Crippen LogP contribution in [-0.2, 0) is 9.53 Å². The van der Waals surface area contributed by atoms with Crippen molar-refractivity contribution in [3.63, 3.8) is 0 Å². The summed E-state index contributed by atoms with van der Waals surface area (Å²) in [4.78, 5) is 11.4. The van der Waals surface area contributed by atoms with Gasteiger partial charge < -0.3 is 4.74 Å². The molecule has 90 valence electrons. The second-order valence-corrected chi connectivity index (χ2v) is 3.18. The second-order valence-electron chi connectivity index (χ2n) is 3.18. The van der Waals surface area contributed by atoms with E-state index in [1.54, 1.807) is 0 Å². The number of carbonyl (C=O) groups is 1. The lowest BCUT2D eigenvalue weighted by Crippen LogP contribution is -2.30. The van der Waals surface area contributed by atoms with E-state index in [4.69, 9.17) is 6.42 Å². The van der Waals surface area contributed by atoms with Crippen LogP contribution in [0, 0.1) is 24.0 Å². The Kier molecular flexibility index (Phi) is 4.61. The van der Waals surface area contributed by atoms with Crippen molar-refractivity contribution >= 4 is 5.97 Å². The number of hydrogen-bond acceptors (Lipinski definition) is 3. The third kappa shape index (κ3) is 3.02. The van der Waals surface area contributed by atoms with Gasteiger partial charge in [0, 0.05) is 5.56 Å². The summed E-state index contributed by atoms with van der Waals surface area (Å²) in [6, 6.07) is 2.45. The third-order valence-corrected chi connectivity index (χ3v) is 2.14. The van der Waals surface area contributed by atoms with Gasteiger partial charge in [-0.15, -0.1) is 6.42 Å². The smallest absolute Gasteiger partial charge is 0.327 e. The van der Waals surface area contributed by atoms with E-state index < -0.39 is 23.6 Å². The molecule has 1 rings (SSSR count). The van der Waals surface area contributed by atoms with Gasteiger partial charge in [-0.05, 0) is 6.07 Å². The topological polar surface area (TPSA) is 38.3 Å². The lowest BCUT2D eigenvalue weighted by molar-refractivity contribution is -0.143. The van der Waals surface area contributed by atoms with Crippen molar-refractivity contribution in [1.29, 1.82) is 0 Å². The quantitative estimate of drug-likeness (QED) is 0.637. The predicted molar refractivity (Wildman–Crippen MR) is 58.0 cm³/mol. The first-order valence-corrected chi connectivity index (χ1v) is 4.80. The minimum Gasteiger partial charge on any atom is -0.468 e. The molecule has 5 heteroatoms. The SMILES string of the molecule is C#CCNC(C(=O)OC)c1cccc(F)c1F. The number of benzene rings is 1. The summed E-state index contributed by atoms with van der Waals surface area (Å²) in [6.07, 6.45) is 5.03. The normalized spacial score (nSPS) is 11.6. The average molecular weight is 239 g/mol. The van der Waals surface area contributed by atoms with E-state index in [-0.39, 0.29) is 12.1 Å². The van der Waals surface area contributed by atoms with Crippen LogP contribution in [0.4, 0.5) is 8.78 Å². The summed E-state index contributed by atoms with van der Waals surface area (Å²) in [7, 11) is 1.16. The fraction of sp³-hybridized carbons (Fsp3) is 0.250. The molecule has 0 heterocycles. The van der Waals surface area contributed by atoms with Gasteiger partial charge in [-0.3, -0.25) is 5.32 Å². The van der Waals surface area contributed by atoms with Gasteiger partial charge in [0.15, 0.2) is 11.6 Å². The van der Waals surface area contributed by atoms with Gasteiger partial charge in [-0.25, -0.2) is 13.6 Å². The molecule has 0 fully saturated rings. The number of carbonyl (C=O) groups excluding carboxylic acids is 1. The van der Waals surface area contributed by atoms with Crippen LogP contribution in [0.25, 0.3) is 0 Å². The lowest BCUT2D eigenvalue weighted by Gasteiger charge is -2.16. The molecule has 1 atom stereocenters. The number of esters is 1. The molecule has 0 saturated carbocycles. The standard InChI is InChI=1S/C12H11F2NO2/c1-3-7-15-11(12(16)17-2)8-5-4-6-9(13)10(8)14/h1,4-6,11,15H,7H2,2H3. The monoisotopic (exact) mass is 239 g/mol. The number of rotatable bonds is 4. The molecule has 1 N–H and O–H groups in total. The highest BCUT2D eigenvalue weighted by molar-refractivity contribution is 5.77. The van der Waals surface area contributed by atoms with Crippen molar-refractivity contribution in [2.75, 3.05) is 13.7 Å². The fourth-order valence-corrected chi connectivity index (χ4v) is 1.34. The largest absolute Gasteiger partial charge is 0.468 e. The Labute approximate surface area is 97.8 Å². The van der Waals surface area contributed by atoms with Crippen LogP contribution in [0.1, 0.15) is 11.6 Å². The van der Waals surface area contributed by atoms with Crippen molar-refractivity contribution in [3.8, 4) is 12.3 Å². The summed E-state index contributed by atoms with van der Waals surface area (Å²) >= 11 is 0. The van der Waals surface area contributed by atoms with E-state index in [2.05, 4.69) is 16.0 Å². The van der Waals surface area contributed by atoms with Crippen molar-refractivity contribution < 1.29 is 18.3 Å². The van der Waals surface area contributed by atoms with E-state index in [9.17, 15) is 13.6 Å². The Balaban J connectivity index is 3.08. The molecule has 0 aromatic heterocycles. The van der Waals surface area contributed by atoms with Gasteiger partial charge in [0.2, 0.25) is 0 Å². The summed E-state index contributed by atoms with van der Waals surface area (Å²) in [5.41, 5.74) is -0.132. The molecule has 1 unspecified atom stereocenters. The zero-order valence-electron chi connectivity index (χ0n) is 9.17. The maximum absolute atomic E-state index is 13.5. The Morgan fingerprint density at radius 3 is 2.88 bits per heavy atom. The highest BCUT2D eigenvalue weighted by atomic mass is 19.2. The summed E-state index contributed by atoms with van der Waals surface area (Å²) in [5, 5.41) is 2.59. The van der Waals surface area contributed by atoms with E-state index in [1.165, 1.54) is 12.1 Å². The summed E-state index contributed by atoms with van der Waals surface area (Å²) in [5.74, 6) is -0.605. The maximum atomic E-state index is 13.5. The molecule has 0 amide bonds. The van der Waals surface area contributed by atoms with E-state index in [1.807, 2.05) is 0 Å². The lowest BCUT2D eigenvalue weighted by atomic mass is 10.1. The predicted octanol–water partition coefficient (Wildman–Crippen LogP) is 1.40. The number of methoxy groups -OCH3 is 1. The maximum Gasteiger partial charge on any atom is 0.327 e. The number of terminal acetylenes is 1. The Bertz CT molecular complexity index is 454. The van der Waals surface area contributed by atoms with Gasteiger partial charge in [0.05, 0.1) is 13.7 Å². The first kappa shape index (κ1) is 13.1. The molecule has 0 aliphatic heterocycles. The van der Waals surface area contributed by atoms with E-state index in [0.29, 0.717) is 0 Å². The van der Waals surface area contributed by atoms with Gasteiger partial charge in [0.1, 0.15) is 6.04 Å². The van der Waals surface area contributed by atoms with Crippen LogP contribution in [0.3, 0.4) is 0 Å². The molecular weight excluding hydrogens is 228 g/mol. The first-order chi connectivity index (χ1) is 8.11. The number of halogens is 2. The van der Waals surface area contributed by atoms with Crippen LogP contribution < -0.4 is 5.32 Å². The summed E-state index contributed by atoms with van der Waals surface area (Å²) < 4.78 is 31.0. The average Bonchev–Trinajstić information content (AvgIpc) is 2.34. The van der Waals surface area contributed by atoms with Gasteiger partial charge >= 0.3 is 5.97 Å². The van der Waals surface area contributed by atoms with Crippen LogP contribution in [0.5, 0.6) is 0 Å².